The van der Waals surface area contributed by atoms with E-state index in [2.05, 4.69) is 5.32 Å². The molecule has 0 saturated carbocycles. The zero-order valence-corrected chi connectivity index (χ0v) is 10.2. The highest BCUT2D eigenvalue weighted by Crippen LogP contribution is 2.39. The Morgan fingerprint density at radius 3 is 2.88 bits per heavy atom. The zero-order chi connectivity index (χ0) is 12.6. The van der Waals surface area contributed by atoms with Gasteiger partial charge in [-0.05, 0) is 19.9 Å². The zero-order valence-electron chi connectivity index (χ0n) is 10.2. The minimum Gasteiger partial charge on any atom is -0.487 e. The Morgan fingerprint density at radius 2 is 2.24 bits per heavy atom. The number of hydrogen-bond acceptors (Lipinski definition) is 2. The Balaban J connectivity index is 2.40. The Bertz CT molecular complexity index is 457. The third-order valence-electron chi connectivity index (χ3n) is 2.81. The number of benzene rings is 1. The molecule has 1 aromatic carbocycles. The Hall–Kier alpha value is -1.58. The van der Waals surface area contributed by atoms with Crippen LogP contribution in [0, 0.1) is 5.82 Å². The lowest BCUT2D eigenvalue weighted by Crippen LogP contribution is -2.40. The average Bonchev–Trinajstić information content (AvgIpc) is 2.13. The van der Waals surface area contributed by atoms with E-state index in [4.69, 9.17) is 4.74 Å². The van der Waals surface area contributed by atoms with Gasteiger partial charge in [-0.1, -0.05) is 6.07 Å². The van der Waals surface area contributed by atoms with Crippen molar-refractivity contribution < 1.29 is 13.9 Å². The molecule has 1 aromatic rings. The van der Waals surface area contributed by atoms with Gasteiger partial charge in [0, 0.05) is 25.0 Å². The Kier molecular flexibility index (Phi) is 2.81. The predicted molar refractivity (Wildman–Crippen MR) is 62.3 cm³/mol. The number of fused-ring (bicyclic) bond motifs is 1. The molecule has 1 atom stereocenters. The molecular weight excluding hydrogens is 221 g/mol. The van der Waals surface area contributed by atoms with Crippen molar-refractivity contribution in [2.45, 2.75) is 38.8 Å². The molecule has 1 aliphatic rings. The number of hydrogen-bond donors (Lipinski definition) is 1. The molecule has 0 bridgehead atoms. The monoisotopic (exact) mass is 237 g/mol. The van der Waals surface area contributed by atoms with E-state index in [1.165, 1.54) is 19.1 Å². The SMILES string of the molecule is CC(=O)NC1CC(C)(C)Oc2cc(F)ccc21. The van der Waals surface area contributed by atoms with Crippen LogP contribution >= 0.6 is 0 Å². The minimum absolute atomic E-state index is 0.0945. The first-order chi connectivity index (χ1) is 7.87. The molecule has 0 fully saturated rings. The molecule has 1 unspecified atom stereocenters. The molecule has 4 heteroatoms. The number of ether oxygens (including phenoxy) is 1. The fourth-order valence-corrected chi connectivity index (χ4v) is 2.20. The highest BCUT2D eigenvalue weighted by molar-refractivity contribution is 5.73. The van der Waals surface area contributed by atoms with Crippen molar-refractivity contribution in [1.82, 2.24) is 5.32 Å². The molecule has 3 nitrogen and oxygen atoms in total. The average molecular weight is 237 g/mol. The fourth-order valence-electron chi connectivity index (χ4n) is 2.20. The molecular formula is C13H16FNO2. The summed E-state index contributed by atoms with van der Waals surface area (Å²) >= 11 is 0. The maximum absolute atomic E-state index is 13.2. The summed E-state index contributed by atoms with van der Waals surface area (Å²) < 4.78 is 18.9. The molecule has 0 aliphatic carbocycles. The van der Waals surface area contributed by atoms with Gasteiger partial charge in [-0.2, -0.15) is 0 Å². The van der Waals surface area contributed by atoms with Crippen LogP contribution in [0.1, 0.15) is 38.8 Å². The molecule has 0 aromatic heterocycles. The summed E-state index contributed by atoms with van der Waals surface area (Å²) in [7, 11) is 0. The van der Waals surface area contributed by atoms with E-state index in [1.54, 1.807) is 6.07 Å². The van der Waals surface area contributed by atoms with Crippen molar-refractivity contribution in [2.24, 2.45) is 0 Å². The number of amides is 1. The molecule has 0 saturated heterocycles. The van der Waals surface area contributed by atoms with Gasteiger partial charge in [0.25, 0.3) is 0 Å². The molecule has 1 N–H and O–H groups in total. The summed E-state index contributed by atoms with van der Waals surface area (Å²) in [6.45, 7) is 5.33. The number of carbonyl (C=O) groups excluding carboxylic acids is 1. The first-order valence-electron chi connectivity index (χ1n) is 5.63. The highest BCUT2D eigenvalue weighted by atomic mass is 19.1. The Labute approximate surface area is 100.0 Å². The summed E-state index contributed by atoms with van der Waals surface area (Å²) in [5, 5.41) is 2.87. The van der Waals surface area contributed by atoms with Gasteiger partial charge in [0.1, 0.15) is 17.2 Å². The van der Waals surface area contributed by atoms with Gasteiger partial charge in [-0.3, -0.25) is 4.79 Å². The van der Waals surface area contributed by atoms with Crippen LogP contribution in [0.3, 0.4) is 0 Å². The van der Waals surface area contributed by atoms with Crippen LogP contribution < -0.4 is 10.1 Å². The molecule has 1 aliphatic heterocycles. The van der Waals surface area contributed by atoms with E-state index < -0.39 is 5.60 Å². The van der Waals surface area contributed by atoms with Crippen LogP contribution in [-0.4, -0.2) is 11.5 Å². The van der Waals surface area contributed by atoms with Gasteiger partial charge in [0.15, 0.2) is 0 Å². The van der Waals surface area contributed by atoms with Crippen molar-refractivity contribution >= 4 is 5.91 Å². The van der Waals surface area contributed by atoms with Gasteiger partial charge in [0.05, 0.1) is 6.04 Å². The van der Waals surface area contributed by atoms with Crippen molar-refractivity contribution in [3.05, 3.63) is 29.6 Å². The summed E-state index contributed by atoms with van der Waals surface area (Å²) in [6, 6.07) is 4.30. The van der Waals surface area contributed by atoms with E-state index in [9.17, 15) is 9.18 Å². The lowest BCUT2D eigenvalue weighted by atomic mass is 9.89. The molecule has 92 valence electrons. The van der Waals surface area contributed by atoms with Crippen molar-refractivity contribution in [3.8, 4) is 5.75 Å². The number of halogens is 1. The molecule has 17 heavy (non-hydrogen) atoms. The quantitative estimate of drug-likeness (QED) is 0.815. The second-order valence-electron chi connectivity index (χ2n) is 5.00. The van der Waals surface area contributed by atoms with E-state index in [1.807, 2.05) is 13.8 Å². The molecule has 2 rings (SSSR count). The van der Waals surface area contributed by atoms with E-state index in [-0.39, 0.29) is 17.8 Å². The van der Waals surface area contributed by atoms with Gasteiger partial charge in [-0.25, -0.2) is 4.39 Å². The summed E-state index contributed by atoms with van der Waals surface area (Å²) in [4.78, 5) is 11.2. The first kappa shape index (κ1) is 11.9. The third-order valence-corrected chi connectivity index (χ3v) is 2.81. The maximum Gasteiger partial charge on any atom is 0.217 e. The molecule has 1 heterocycles. The van der Waals surface area contributed by atoms with E-state index in [0.717, 1.165) is 5.56 Å². The van der Waals surface area contributed by atoms with E-state index >= 15 is 0 Å². The first-order valence-corrected chi connectivity index (χ1v) is 5.63. The van der Waals surface area contributed by atoms with Gasteiger partial charge >= 0.3 is 0 Å². The second kappa shape index (κ2) is 4.02. The van der Waals surface area contributed by atoms with E-state index in [0.29, 0.717) is 12.2 Å². The highest BCUT2D eigenvalue weighted by Gasteiger charge is 2.34. The van der Waals surface area contributed by atoms with Crippen LogP contribution in [-0.2, 0) is 4.79 Å². The van der Waals surface area contributed by atoms with Crippen molar-refractivity contribution in [1.29, 1.82) is 0 Å². The van der Waals surface area contributed by atoms with Crippen LogP contribution in [0.5, 0.6) is 5.75 Å². The smallest absolute Gasteiger partial charge is 0.217 e. The molecule has 0 radical (unpaired) electrons. The second-order valence-corrected chi connectivity index (χ2v) is 5.00. The minimum atomic E-state index is -0.409. The third kappa shape index (κ3) is 2.57. The van der Waals surface area contributed by atoms with Gasteiger partial charge < -0.3 is 10.1 Å². The van der Waals surface area contributed by atoms with Gasteiger partial charge in [-0.15, -0.1) is 0 Å². The predicted octanol–water partition coefficient (Wildman–Crippen LogP) is 2.56. The molecule has 0 spiro atoms. The standard InChI is InChI=1S/C13H16FNO2/c1-8(16)15-11-7-13(2,3)17-12-6-9(14)4-5-10(11)12/h4-6,11H,7H2,1-3H3,(H,15,16). The summed E-state index contributed by atoms with van der Waals surface area (Å²) in [5.74, 6) is 0.0889. The van der Waals surface area contributed by atoms with Crippen molar-refractivity contribution in [3.63, 3.8) is 0 Å². The summed E-state index contributed by atoms with van der Waals surface area (Å²) in [6.07, 6.45) is 0.672. The fraction of sp³-hybridized carbons (Fsp3) is 0.462. The lowest BCUT2D eigenvalue weighted by Gasteiger charge is -2.37. The number of carbonyl (C=O) groups is 1. The van der Waals surface area contributed by atoms with Crippen LogP contribution in [0.2, 0.25) is 0 Å². The maximum atomic E-state index is 13.2. The summed E-state index contributed by atoms with van der Waals surface area (Å²) in [5.41, 5.74) is 0.425. The molecule has 1 amide bonds. The number of rotatable bonds is 1. The largest absolute Gasteiger partial charge is 0.487 e. The van der Waals surface area contributed by atoms with Crippen molar-refractivity contribution in [2.75, 3.05) is 0 Å². The topological polar surface area (TPSA) is 38.3 Å². The normalized spacial score (nSPS) is 21.3. The lowest BCUT2D eigenvalue weighted by molar-refractivity contribution is -0.120. The van der Waals surface area contributed by atoms with Crippen LogP contribution in [0.4, 0.5) is 4.39 Å². The van der Waals surface area contributed by atoms with Gasteiger partial charge in [0.2, 0.25) is 5.91 Å². The Morgan fingerprint density at radius 1 is 1.53 bits per heavy atom. The van der Waals surface area contributed by atoms with Crippen LogP contribution in [0.15, 0.2) is 18.2 Å². The number of nitrogens with one attached hydrogen (secondary N) is 1. The van der Waals surface area contributed by atoms with Crippen LogP contribution in [0.25, 0.3) is 0 Å².